The second-order valence-corrected chi connectivity index (χ2v) is 7.09. The van der Waals surface area contributed by atoms with E-state index in [1.165, 1.54) is 0 Å². The third kappa shape index (κ3) is 3.95. The molecule has 0 radical (unpaired) electrons. The standard InChI is InChI=1S/C20H18ClN3O3/c21-15-8-6-14(7-9-15)12-19(25)23(16-10-11-16)13-18-20(26)27-22-24(18)17-4-2-1-3-5-17/h1-9,16H,10-13H2/p+1. The first-order chi connectivity index (χ1) is 13.1. The number of rotatable bonds is 6. The van der Waals surface area contributed by atoms with Crippen molar-refractivity contribution in [2.75, 3.05) is 0 Å². The van der Waals surface area contributed by atoms with E-state index in [4.69, 9.17) is 16.1 Å². The fourth-order valence-corrected chi connectivity index (χ4v) is 3.19. The van der Waals surface area contributed by atoms with Gasteiger partial charge in [0.25, 0.3) is 0 Å². The summed E-state index contributed by atoms with van der Waals surface area (Å²) in [6, 6.07) is 16.8. The minimum atomic E-state index is -0.469. The van der Waals surface area contributed by atoms with Gasteiger partial charge >= 0.3 is 11.3 Å². The third-order valence-corrected chi connectivity index (χ3v) is 4.90. The van der Waals surface area contributed by atoms with Crippen molar-refractivity contribution in [1.29, 1.82) is 0 Å². The Kier molecular flexibility index (Phi) is 4.81. The lowest BCUT2D eigenvalue weighted by molar-refractivity contribution is -0.678. The fourth-order valence-electron chi connectivity index (χ4n) is 3.06. The molecule has 1 fully saturated rings. The molecule has 0 aliphatic heterocycles. The van der Waals surface area contributed by atoms with Crippen LogP contribution in [0.1, 0.15) is 24.1 Å². The fraction of sp³-hybridized carbons (Fsp3) is 0.250. The van der Waals surface area contributed by atoms with Crippen LogP contribution in [-0.4, -0.2) is 22.1 Å². The van der Waals surface area contributed by atoms with Crippen LogP contribution in [-0.2, 0) is 17.8 Å². The summed E-state index contributed by atoms with van der Waals surface area (Å²) in [5.74, 6) is -0.0139. The molecule has 1 aromatic heterocycles. The SMILES string of the molecule is O=C(Cc1ccc(Cl)cc1)N(Cc1c(=O)o[nH][n+]1-c1ccccc1)C1CC1. The van der Waals surface area contributed by atoms with Gasteiger partial charge in [-0.3, -0.25) is 9.32 Å². The number of halogens is 1. The lowest BCUT2D eigenvalue weighted by Crippen LogP contribution is -2.44. The smallest absolute Gasteiger partial charge is 0.329 e. The molecule has 4 rings (SSSR count). The molecule has 138 valence electrons. The van der Waals surface area contributed by atoms with E-state index >= 15 is 0 Å². The Hall–Kier alpha value is -2.86. The number of aromatic amines is 1. The summed E-state index contributed by atoms with van der Waals surface area (Å²) in [7, 11) is 0. The molecular formula is C20H19ClN3O3+. The van der Waals surface area contributed by atoms with Gasteiger partial charge in [-0.25, -0.2) is 4.79 Å². The number of hydrogen-bond donors (Lipinski definition) is 1. The van der Waals surface area contributed by atoms with Crippen LogP contribution >= 0.6 is 11.6 Å². The van der Waals surface area contributed by atoms with Gasteiger partial charge in [0.1, 0.15) is 6.54 Å². The molecule has 0 atom stereocenters. The number of amides is 1. The highest BCUT2D eigenvalue weighted by molar-refractivity contribution is 6.30. The quantitative estimate of drug-likeness (QED) is 0.664. The first-order valence-corrected chi connectivity index (χ1v) is 9.21. The van der Waals surface area contributed by atoms with Crippen LogP contribution < -0.4 is 10.3 Å². The predicted octanol–water partition coefficient (Wildman–Crippen LogP) is 2.63. The summed E-state index contributed by atoms with van der Waals surface area (Å²) in [5, 5.41) is 3.26. The van der Waals surface area contributed by atoms with E-state index in [1.54, 1.807) is 21.7 Å². The Bertz CT molecular complexity index is 991. The van der Waals surface area contributed by atoms with Gasteiger partial charge in [-0.1, -0.05) is 41.9 Å². The summed E-state index contributed by atoms with van der Waals surface area (Å²) in [6.07, 6.45) is 2.18. The monoisotopic (exact) mass is 384 g/mol. The first kappa shape index (κ1) is 17.5. The normalized spacial score (nSPS) is 13.5. The Morgan fingerprint density at radius 1 is 1.15 bits per heavy atom. The van der Waals surface area contributed by atoms with Crippen LogP contribution in [0, 0.1) is 0 Å². The van der Waals surface area contributed by atoms with Crippen molar-refractivity contribution in [1.82, 2.24) is 10.2 Å². The molecule has 0 bridgehead atoms. The van der Waals surface area contributed by atoms with Crippen molar-refractivity contribution >= 4 is 17.5 Å². The number of nitrogens with zero attached hydrogens (tertiary/aromatic N) is 2. The topological polar surface area (TPSA) is 70.2 Å². The second-order valence-electron chi connectivity index (χ2n) is 6.65. The predicted molar refractivity (Wildman–Crippen MR) is 99.6 cm³/mol. The lowest BCUT2D eigenvalue weighted by atomic mass is 10.1. The van der Waals surface area contributed by atoms with Gasteiger partial charge in [-0.05, 0) is 40.5 Å². The molecular weight excluding hydrogens is 366 g/mol. The third-order valence-electron chi connectivity index (χ3n) is 4.65. The molecule has 7 heteroatoms. The molecule has 1 amide bonds. The zero-order valence-corrected chi connectivity index (χ0v) is 15.4. The zero-order chi connectivity index (χ0) is 18.8. The maximum Gasteiger partial charge on any atom is 0.432 e. The van der Waals surface area contributed by atoms with E-state index in [1.807, 2.05) is 42.5 Å². The molecule has 0 saturated heterocycles. The number of nitrogens with one attached hydrogen (secondary N) is 1. The van der Waals surface area contributed by atoms with Crippen LogP contribution in [0.4, 0.5) is 0 Å². The molecule has 1 N–H and O–H groups in total. The van der Waals surface area contributed by atoms with Crippen molar-refractivity contribution < 1.29 is 14.0 Å². The van der Waals surface area contributed by atoms with E-state index < -0.39 is 5.63 Å². The summed E-state index contributed by atoms with van der Waals surface area (Å²) in [6.45, 7) is 0.206. The Balaban J connectivity index is 1.58. The van der Waals surface area contributed by atoms with Crippen molar-refractivity contribution in [2.45, 2.75) is 31.8 Å². The molecule has 6 nitrogen and oxygen atoms in total. The number of carbonyl (C=O) groups excluding carboxylic acids is 1. The number of aromatic nitrogens is 2. The van der Waals surface area contributed by atoms with Gasteiger partial charge in [0.05, 0.1) is 6.42 Å². The molecule has 0 spiro atoms. The van der Waals surface area contributed by atoms with Crippen LogP contribution in [0.3, 0.4) is 0 Å². The molecule has 1 aliphatic carbocycles. The highest BCUT2D eigenvalue weighted by Gasteiger charge is 2.36. The molecule has 3 aromatic rings. The Labute approximate surface area is 160 Å². The lowest BCUT2D eigenvalue weighted by Gasteiger charge is -2.20. The number of para-hydroxylation sites is 1. The van der Waals surface area contributed by atoms with Gasteiger partial charge in [0.2, 0.25) is 11.6 Å². The molecule has 2 aromatic carbocycles. The van der Waals surface area contributed by atoms with Crippen LogP contribution in [0.25, 0.3) is 5.69 Å². The summed E-state index contributed by atoms with van der Waals surface area (Å²) >= 11 is 5.91. The van der Waals surface area contributed by atoms with E-state index in [0.29, 0.717) is 10.7 Å². The molecule has 1 heterocycles. The number of hydrogen-bond acceptors (Lipinski definition) is 3. The van der Waals surface area contributed by atoms with Crippen LogP contribution in [0.2, 0.25) is 5.02 Å². The van der Waals surface area contributed by atoms with Crippen molar-refractivity contribution in [2.24, 2.45) is 0 Å². The van der Waals surface area contributed by atoms with E-state index in [-0.39, 0.29) is 24.9 Å². The van der Waals surface area contributed by atoms with Crippen molar-refractivity contribution in [3.8, 4) is 5.69 Å². The zero-order valence-electron chi connectivity index (χ0n) is 14.6. The average Bonchev–Trinajstić information content (AvgIpc) is 3.45. The van der Waals surface area contributed by atoms with Gasteiger partial charge < -0.3 is 4.90 Å². The highest BCUT2D eigenvalue weighted by atomic mass is 35.5. The average molecular weight is 385 g/mol. The number of benzene rings is 2. The minimum Gasteiger partial charge on any atom is -0.329 e. The van der Waals surface area contributed by atoms with Gasteiger partial charge in [0.15, 0.2) is 0 Å². The Morgan fingerprint density at radius 2 is 1.85 bits per heavy atom. The Morgan fingerprint density at radius 3 is 2.52 bits per heavy atom. The first-order valence-electron chi connectivity index (χ1n) is 8.83. The summed E-state index contributed by atoms with van der Waals surface area (Å²) in [4.78, 5) is 26.9. The van der Waals surface area contributed by atoms with Gasteiger partial charge in [-0.15, -0.1) is 0 Å². The van der Waals surface area contributed by atoms with Crippen LogP contribution in [0.5, 0.6) is 0 Å². The van der Waals surface area contributed by atoms with Crippen molar-refractivity contribution in [3.05, 3.63) is 81.3 Å². The van der Waals surface area contributed by atoms with E-state index in [9.17, 15) is 9.59 Å². The maximum absolute atomic E-state index is 12.9. The maximum atomic E-state index is 12.9. The summed E-state index contributed by atoms with van der Waals surface area (Å²) in [5.41, 5.74) is 1.60. The molecule has 1 saturated carbocycles. The summed E-state index contributed by atoms with van der Waals surface area (Å²) < 4.78 is 6.58. The number of carbonyl (C=O) groups is 1. The molecule has 27 heavy (non-hydrogen) atoms. The van der Waals surface area contributed by atoms with E-state index in [0.717, 1.165) is 24.1 Å². The second kappa shape index (κ2) is 7.40. The highest BCUT2D eigenvalue weighted by Crippen LogP contribution is 2.28. The molecule has 0 unspecified atom stereocenters. The van der Waals surface area contributed by atoms with Gasteiger partial charge in [-0.2, -0.15) is 0 Å². The van der Waals surface area contributed by atoms with E-state index in [2.05, 4.69) is 5.27 Å². The largest absolute Gasteiger partial charge is 0.432 e. The van der Waals surface area contributed by atoms with Gasteiger partial charge in [0, 0.05) is 23.2 Å². The minimum absolute atomic E-state index is 0.0139. The van der Waals surface area contributed by atoms with Crippen LogP contribution in [0.15, 0.2) is 63.9 Å². The number of H-pyrrole nitrogens is 1. The molecule has 1 aliphatic rings. The van der Waals surface area contributed by atoms with Crippen molar-refractivity contribution in [3.63, 3.8) is 0 Å².